The highest BCUT2D eigenvalue weighted by molar-refractivity contribution is 7.99. The van der Waals surface area contributed by atoms with Crippen LogP contribution in [0.5, 0.6) is 0 Å². The van der Waals surface area contributed by atoms with Crippen molar-refractivity contribution in [2.45, 2.75) is 31.1 Å². The summed E-state index contributed by atoms with van der Waals surface area (Å²) in [4.78, 5) is 10.8. The van der Waals surface area contributed by atoms with Gasteiger partial charge in [0.1, 0.15) is 5.54 Å². The highest BCUT2D eigenvalue weighted by Gasteiger charge is 2.32. The maximum atomic E-state index is 10.8. The van der Waals surface area contributed by atoms with E-state index in [4.69, 9.17) is 5.11 Å². The minimum absolute atomic E-state index is 0.360. The summed E-state index contributed by atoms with van der Waals surface area (Å²) in [7, 11) is 1.68. The molecule has 3 nitrogen and oxygen atoms in total. The van der Waals surface area contributed by atoms with Crippen molar-refractivity contribution in [3.63, 3.8) is 0 Å². The van der Waals surface area contributed by atoms with Crippen LogP contribution in [-0.4, -0.2) is 35.2 Å². The van der Waals surface area contributed by atoms with Crippen molar-refractivity contribution < 1.29 is 9.90 Å². The number of rotatable bonds is 5. The van der Waals surface area contributed by atoms with E-state index in [0.717, 1.165) is 0 Å². The lowest BCUT2D eigenvalue weighted by Crippen LogP contribution is -2.49. The van der Waals surface area contributed by atoms with Crippen molar-refractivity contribution in [1.29, 1.82) is 0 Å². The summed E-state index contributed by atoms with van der Waals surface area (Å²) in [6, 6.07) is 0. The number of carbonyl (C=O) groups is 1. The third kappa shape index (κ3) is 3.03. The van der Waals surface area contributed by atoms with Gasteiger partial charge in [-0.1, -0.05) is 6.92 Å². The van der Waals surface area contributed by atoms with Crippen LogP contribution in [0, 0.1) is 0 Å². The molecule has 0 amide bonds. The zero-order valence-corrected chi connectivity index (χ0v) is 8.86. The molecule has 0 aliphatic rings. The van der Waals surface area contributed by atoms with Gasteiger partial charge < -0.3 is 10.4 Å². The number of aliphatic carboxylic acids is 1. The first-order valence-electron chi connectivity index (χ1n) is 3.91. The van der Waals surface area contributed by atoms with E-state index >= 15 is 0 Å². The summed E-state index contributed by atoms with van der Waals surface area (Å²) in [5.41, 5.74) is -0.789. The van der Waals surface area contributed by atoms with Gasteiger partial charge in [-0.25, -0.2) is 0 Å². The molecule has 0 bridgehead atoms. The van der Waals surface area contributed by atoms with Gasteiger partial charge in [0, 0.05) is 5.25 Å². The lowest BCUT2D eigenvalue weighted by atomic mass is 9.97. The number of nitrogens with one attached hydrogen (secondary N) is 1. The molecule has 0 saturated heterocycles. The third-order valence-electron chi connectivity index (χ3n) is 2.12. The van der Waals surface area contributed by atoms with Gasteiger partial charge in [-0.05, 0) is 26.6 Å². The standard InChI is InChI=1S/C8H17NO2S/c1-6(12-4)5-8(2,9-3)7(10)11/h6,9H,5H2,1-4H3,(H,10,11). The smallest absolute Gasteiger partial charge is 0.323 e. The third-order valence-corrected chi connectivity index (χ3v) is 3.09. The summed E-state index contributed by atoms with van der Waals surface area (Å²) in [6.45, 7) is 3.74. The van der Waals surface area contributed by atoms with Gasteiger partial charge >= 0.3 is 5.97 Å². The molecule has 0 spiro atoms. The Morgan fingerprint density at radius 3 is 2.50 bits per heavy atom. The highest BCUT2D eigenvalue weighted by atomic mass is 32.2. The van der Waals surface area contributed by atoms with Gasteiger partial charge in [-0.3, -0.25) is 4.79 Å². The number of carboxylic acids is 1. The van der Waals surface area contributed by atoms with E-state index in [1.807, 2.05) is 13.2 Å². The summed E-state index contributed by atoms with van der Waals surface area (Å²) in [6.07, 6.45) is 2.63. The summed E-state index contributed by atoms with van der Waals surface area (Å²) in [5, 5.41) is 12.1. The van der Waals surface area contributed by atoms with Crippen LogP contribution in [-0.2, 0) is 4.79 Å². The van der Waals surface area contributed by atoms with E-state index < -0.39 is 11.5 Å². The molecule has 0 aromatic rings. The number of hydrogen-bond donors (Lipinski definition) is 2. The molecule has 0 aliphatic heterocycles. The maximum Gasteiger partial charge on any atom is 0.323 e. The molecular weight excluding hydrogens is 174 g/mol. The number of hydrogen-bond acceptors (Lipinski definition) is 3. The molecule has 0 aliphatic carbocycles. The number of likely N-dealkylation sites (N-methyl/N-ethyl adjacent to an activating group) is 1. The van der Waals surface area contributed by atoms with Crippen molar-refractivity contribution in [3.8, 4) is 0 Å². The fraction of sp³-hybridized carbons (Fsp3) is 0.875. The molecular formula is C8H17NO2S. The van der Waals surface area contributed by atoms with Gasteiger partial charge in [-0.15, -0.1) is 0 Å². The van der Waals surface area contributed by atoms with E-state index in [-0.39, 0.29) is 0 Å². The first-order valence-corrected chi connectivity index (χ1v) is 5.20. The Bertz CT molecular complexity index is 163. The summed E-state index contributed by atoms with van der Waals surface area (Å²) in [5.74, 6) is -0.786. The van der Waals surface area contributed by atoms with Crippen LogP contribution in [0.2, 0.25) is 0 Å². The minimum atomic E-state index is -0.789. The monoisotopic (exact) mass is 191 g/mol. The molecule has 72 valence electrons. The fourth-order valence-corrected chi connectivity index (χ4v) is 1.45. The fourth-order valence-electron chi connectivity index (χ4n) is 0.955. The molecule has 0 aromatic carbocycles. The molecule has 12 heavy (non-hydrogen) atoms. The zero-order valence-electron chi connectivity index (χ0n) is 8.05. The normalized spacial score (nSPS) is 18.3. The Balaban J connectivity index is 4.23. The Morgan fingerprint density at radius 2 is 2.25 bits per heavy atom. The van der Waals surface area contributed by atoms with Crippen molar-refractivity contribution in [3.05, 3.63) is 0 Å². The Labute approximate surface area is 77.9 Å². The average molecular weight is 191 g/mol. The van der Waals surface area contributed by atoms with Gasteiger partial charge in [0.25, 0.3) is 0 Å². The van der Waals surface area contributed by atoms with E-state index in [1.165, 1.54) is 0 Å². The number of thioether (sulfide) groups is 1. The van der Waals surface area contributed by atoms with Crippen LogP contribution in [0.15, 0.2) is 0 Å². The van der Waals surface area contributed by atoms with Crippen LogP contribution in [0.4, 0.5) is 0 Å². The minimum Gasteiger partial charge on any atom is -0.480 e. The predicted molar refractivity (Wildman–Crippen MR) is 52.7 cm³/mol. The molecule has 0 aromatic heterocycles. The van der Waals surface area contributed by atoms with Crippen LogP contribution < -0.4 is 5.32 Å². The van der Waals surface area contributed by atoms with Crippen LogP contribution in [0.25, 0.3) is 0 Å². The Morgan fingerprint density at radius 1 is 1.75 bits per heavy atom. The van der Waals surface area contributed by atoms with Gasteiger partial charge in [0.15, 0.2) is 0 Å². The van der Waals surface area contributed by atoms with Crippen molar-refractivity contribution >= 4 is 17.7 Å². The molecule has 2 atom stereocenters. The molecule has 0 radical (unpaired) electrons. The van der Waals surface area contributed by atoms with Gasteiger partial charge in [0.2, 0.25) is 0 Å². The summed E-state index contributed by atoms with van der Waals surface area (Å²) < 4.78 is 0. The second-order valence-electron chi connectivity index (χ2n) is 3.14. The summed E-state index contributed by atoms with van der Waals surface area (Å²) >= 11 is 1.68. The van der Waals surface area contributed by atoms with Crippen molar-refractivity contribution in [1.82, 2.24) is 5.32 Å². The topological polar surface area (TPSA) is 49.3 Å². The number of carboxylic acid groups (broad SMARTS) is 1. The van der Waals surface area contributed by atoms with Crippen molar-refractivity contribution in [2.24, 2.45) is 0 Å². The van der Waals surface area contributed by atoms with E-state index in [9.17, 15) is 4.79 Å². The first kappa shape index (κ1) is 11.8. The molecule has 4 heteroatoms. The van der Waals surface area contributed by atoms with Crippen LogP contribution >= 0.6 is 11.8 Å². The molecule has 2 unspecified atom stereocenters. The highest BCUT2D eigenvalue weighted by Crippen LogP contribution is 2.19. The van der Waals surface area contributed by atoms with Crippen molar-refractivity contribution in [2.75, 3.05) is 13.3 Å². The lowest BCUT2D eigenvalue weighted by molar-refractivity contribution is -0.144. The Hall–Kier alpha value is -0.220. The lowest BCUT2D eigenvalue weighted by Gasteiger charge is -2.26. The molecule has 0 heterocycles. The molecule has 0 fully saturated rings. The SMILES string of the molecule is CNC(C)(CC(C)SC)C(=O)O. The van der Waals surface area contributed by atoms with E-state index in [1.54, 1.807) is 25.7 Å². The quantitative estimate of drug-likeness (QED) is 0.685. The van der Waals surface area contributed by atoms with E-state index in [0.29, 0.717) is 11.7 Å². The van der Waals surface area contributed by atoms with Crippen LogP contribution in [0.1, 0.15) is 20.3 Å². The Kier molecular flexibility index (Phi) is 4.63. The van der Waals surface area contributed by atoms with Gasteiger partial charge in [0.05, 0.1) is 0 Å². The molecule has 0 saturated carbocycles. The predicted octanol–water partition coefficient (Wildman–Crippen LogP) is 1.19. The first-order chi connectivity index (χ1) is 5.46. The van der Waals surface area contributed by atoms with Crippen LogP contribution in [0.3, 0.4) is 0 Å². The second kappa shape index (κ2) is 4.72. The maximum absolute atomic E-state index is 10.8. The zero-order chi connectivity index (χ0) is 9.78. The van der Waals surface area contributed by atoms with E-state index in [2.05, 4.69) is 5.32 Å². The molecule has 2 N–H and O–H groups in total. The second-order valence-corrected chi connectivity index (χ2v) is 4.41. The largest absolute Gasteiger partial charge is 0.480 e. The molecule has 0 rings (SSSR count). The average Bonchev–Trinajstić information content (AvgIpc) is 2.03. The van der Waals surface area contributed by atoms with Gasteiger partial charge in [-0.2, -0.15) is 11.8 Å².